The first kappa shape index (κ1) is 18.0. The molecule has 0 radical (unpaired) electrons. The van der Waals surface area contributed by atoms with Crippen molar-refractivity contribution in [2.45, 2.75) is 45.1 Å². The summed E-state index contributed by atoms with van der Waals surface area (Å²) in [6.07, 6.45) is 3.97. The highest BCUT2D eigenvalue weighted by Gasteiger charge is 2.42. The van der Waals surface area contributed by atoms with Crippen molar-refractivity contribution in [1.29, 1.82) is 0 Å². The third kappa shape index (κ3) is 3.33. The van der Waals surface area contributed by atoms with Gasteiger partial charge in [-0.2, -0.15) is 0 Å². The van der Waals surface area contributed by atoms with Gasteiger partial charge in [-0.15, -0.1) is 0 Å². The molecule has 1 aromatic rings. The number of rotatable bonds is 2. The number of likely N-dealkylation sites (tertiary alicyclic amines) is 2. The predicted octanol–water partition coefficient (Wildman–Crippen LogP) is 1.59. The van der Waals surface area contributed by atoms with Crippen molar-refractivity contribution in [2.75, 3.05) is 26.2 Å². The molecule has 144 valence electrons. The van der Waals surface area contributed by atoms with E-state index < -0.39 is 6.04 Å². The Bertz CT molecular complexity index is 768. The molecule has 1 N–H and O–H groups in total. The van der Waals surface area contributed by atoms with Gasteiger partial charge in [-0.3, -0.25) is 14.4 Å². The zero-order valence-corrected chi connectivity index (χ0v) is 15.9. The molecule has 3 heterocycles. The van der Waals surface area contributed by atoms with E-state index in [1.807, 2.05) is 34.9 Å². The summed E-state index contributed by atoms with van der Waals surface area (Å²) in [5.41, 5.74) is 1.77. The van der Waals surface area contributed by atoms with Crippen LogP contribution in [0.15, 0.2) is 24.3 Å². The minimum atomic E-state index is -0.471. The van der Waals surface area contributed by atoms with Crippen molar-refractivity contribution in [3.8, 4) is 0 Å². The Morgan fingerprint density at radius 3 is 2.67 bits per heavy atom. The number of nitrogens with zero attached hydrogens (tertiary/aromatic N) is 2. The summed E-state index contributed by atoms with van der Waals surface area (Å²) in [5.74, 6) is 0.116. The van der Waals surface area contributed by atoms with Gasteiger partial charge >= 0.3 is 0 Å². The van der Waals surface area contributed by atoms with Crippen LogP contribution >= 0.6 is 0 Å². The van der Waals surface area contributed by atoms with E-state index in [4.69, 9.17) is 0 Å². The zero-order chi connectivity index (χ0) is 19.0. The molecule has 1 atom stereocenters. The van der Waals surface area contributed by atoms with Gasteiger partial charge in [0, 0.05) is 44.6 Å². The lowest BCUT2D eigenvalue weighted by molar-refractivity contribution is -0.143. The molecule has 6 heteroatoms. The van der Waals surface area contributed by atoms with E-state index in [1.165, 1.54) is 0 Å². The van der Waals surface area contributed by atoms with E-state index in [0.29, 0.717) is 31.5 Å². The topological polar surface area (TPSA) is 69.7 Å². The van der Waals surface area contributed by atoms with Crippen LogP contribution in [0.3, 0.4) is 0 Å². The van der Waals surface area contributed by atoms with Gasteiger partial charge in [0.15, 0.2) is 0 Å². The quantitative estimate of drug-likeness (QED) is 0.861. The van der Waals surface area contributed by atoms with Crippen molar-refractivity contribution >= 4 is 17.7 Å². The molecule has 0 bridgehead atoms. The highest BCUT2D eigenvalue weighted by molar-refractivity contribution is 6.00. The third-order valence-electron chi connectivity index (χ3n) is 6.56. The normalized spacial score (nSPS) is 24.6. The second-order valence-corrected chi connectivity index (χ2v) is 8.12. The molecule has 0 aromatic heterocycles. The molecule has 0 aliphatic carbocycles. The molecule has 2 fully saturated rings. The fourth-order valence-corrected chi connectivity index (χ4v) is 4.80. The van der Waals surface area contributed by atoms with E-state index in [9.17, 15) is 14.4 Å². The molecule has 0 unspecified atom stereocenters. The van der Waals surface area contributed by atoms with Gasteiger partial charge < -0.3 is 15.1 Å². The Kier molecular flexibility index (Phi) is 4.66. The molecule has 3 aliphatic rings. The first-order valence-electron chi connectivity index (χ1n) is 9.97. The third-order valence-corrected chi connectivity index (χ3v) is 6.56. The van der Waals surface area contributed by atoms with Crippen LogP contribution in [-0.2, 0) is 16.0 Å². The first-order valence-corrected chi connectivity index (χ1v) is 9.97. The summed E-state index contributed by atoms with van der Waals surface area (Å²) in [5, 5.41) is 2.88. The summed E-state index contributed by atoms with van der Waals surface area (Å²) in [6, 6.07) is 7.02. The molecule has 2 saturated heterocycles. The second-order valence-electron chi connectivity index (χ2n) is 8.12. The van der Waals surface area contributed by atoms with E-state index >= 15 is 0 Å². The van der Waals surface area contributed by atoms with Gasteiger partial charge in [0.25, 0.3) is 5.91 Å². The van der Waals surface area contributed by atoms with Crippen molar-refractivity contribution in [3.05, 3.63) is 35.4 Å². The van der Waals surface area contributed by atoms with Crippen LogP contribution in [0.1, 0.15) is 48.5 Å². The number of hydrogen-bond donors (Lipinski definition) is 1. The standard InChI is InChI=1S/C21H27N3O3/c1-2-23-14-21(8-7-18(23)25)9-11-24(12-10-21)20(27)17-13-15-5-3-4-6-16(15)19(26)22-17/h3-6,17H,2,7-14H2,1H3,(H,22,26)/t17-/m1/s1. The Labute approximate surface area is 159 Å². The molecule has 6 nitrogen and oxygen atoms in total. The van der Waals surface area contributed by atoms with Gasteiger partial charge in [-0.05, 0) is 43.2 Å². The number of amides is 3. The van der Waals surface area contributed by atoms with Crippen LogP contribution in [-0.4, -0.2) is 59.7 Å². The van der Waals surface area contributed by atoms with Gasteiger partial charge in [-0.1, -0.05) is 18.2 Å². The van der Waals surface area contributed by atoms with Gasteiger partial charge in [0.1, 0.15) is 6.04 Å². The SMILES string of the molecule is CCN1CC2(CCC1=O)CCN(C(=O)[C@H]1Cc3ccccc3C(=O)N1)CC2. The minimum Gasteiger partial charge on any atom is -0.342 e. The molecule has 3 amide bonds. The molecule has 27 heavy (non-hydrogen) atoms. The maximum absolute atomic E-state index is 13.0. The molecular formula is C21H27N3O3. The number of piperidine rings is 2. The highest BCUT2D eigenvalue weighted by Crippen LogP contribution is 2.40. The zero-order valence-electron chi connectivity index (χ0n) is 15.9. The van der Waals surface area contributed by atoms with Gasteiger partial charge in [0.05, 0.1) is 0 Å². The number of benzene rings is 1. The number of carbonyl (C=O) groups is 3. The summed E-state index contributed by atoms with van der Waals surface area (Å²) in [7, 11) is 0. The summed E-state index contributed by atoms with van der Waals surface area (Å²) < 4.78 is 0. The van der Waals surface area contributed by atoms with Crippen LogP contribution < -0.4 is 5.32 Å². The summed E-state index contributed by atoms with van der Waals surface area (Å²) in [6.45, 7) is 5.02. The van der Waals surface area contributed by atoms with Gasteiger partial charge in [-0.25, -0.2) is 0 Å². The van der Waals surface area contributed by atoms with E-state index in [-0.39, 0.29) is 23.1 Å². The maximum Gasteiger partial charge on any atom is 0.252 e. The largest absolute Gasteiger partial charge is 0.342 e. The highest BCUT2D eigenvalue weighted by atomic mass is 16.2. The number of hydrogen-bond acceptors (Lipinski definition) is 3. The Balaban J connectivity index is 1.40. The molecule has 4 rings (SSSR count). The lowest BCUT2D eigenvalue weighted by Crippen LogP contribution is -2.56. The maximum atomic E-state index is 13.0. The number of carbonyl (C=O) groups excluding carboxylic acids is 3. The van der Waals surface area contributed by atoms with Crippen LogP contribution in [0.4, 0.5) is 0 Å². The lowest BCUT2D eigenvalue weighted by atomic mass is 9.72. The lowest BCUT2D eigenvalue weighted by Gasteiger charge is -2.47. The van der Waals surface area contributed by atoms with Crippen LogP contribution in [0.2, 0.25) is 0 Å². The van der Waals surface area contributed by atoms with Gasteiger partial charge in [0.2, 0.25) is 11.8 Å². The van der Waals surface area contributed by atoms with E-state index in [2.05, 4.69) is 5.32 Å². The summed E-state index contributed by atoms with van der Waals surface area (Å²) >= 11 is 0. The van der Waals surface area contributed by atoms with Crippen molar-refractivity contribution in [2.24, 2.45) is 5.41 Å². The minimum absolute atomic E-state index is 0.0203. The average Bonchev–Trinajstić information content (AvgIpc) is 2.70. The van der Waals surface area contributed by atoms with E-state index in [1.54, 1.807) is 6.07 Å². The molecule has 1 spiro atoms. The van der Waals surface area contributed by atoms with Crippen LogP contribution in [0, 0.1) is 5.41 Å². The number of fused-ring (bicyclic) bond motifs is 1. The average molecular weight is 369 g/mol. The summed E-state index contributed by atoms with van der Waals surface area (Å²) in [4.78, 5) is 41.1. The fourth-order valence-electron chi connectivity index (χ4n) is 4.80. The number of nitrogens with one attached hydrogen (secondary N) is 1. The smallest absolute Gasteiger partial charge is 0.252 e. The molecule has 0 saturated carbocycles. The van der Waals surface area contributed by atoms with Crippen molar-refractivity contribution in [1.82, 2.24) is 15.1 Å². The first-order chi connectivity index (χ1) is 13.0. The van der Waals surface area contributed by atoms with E-state index in [0.717, 1.165) is 37.9 Å². The fraction of sp³-hybridized carbons (Fsp3) is 0.571. The predicted molar refractivity (Wildman–Crippen MR) is 101 cm³/mol. The Morgan fingerprint density at radius 2 is 1.93 bits per heavy atom. The van der Waals surface area contributed by atoms with Crippen molar-refractivity contribution < 1.29 is 14.4 Å². The second kappa shape index (κ2) is 6.98. The Hall–Kier alpha value is -2.37. The van der Waals surface area contributed by atoms with Crippen LogP contribution in [0.5, 0.6) is 0 Å². The molecule has 3 aliphatic heterocycles. The van der Waals surface area contributed by atoms with Crippen LogP contribution in [0.25, 0.3) is 0 Å². The molecular weight excluding hydrogens is 342 g/mol. The molecule has 1 aromatic carbocycles. The monoisotopic (exact) mass is 369 g/mol. The van der Waals surface area contributed by atoms with Crippen molar-refractivity contribution in [3.63, 3.8) is 0 Å². The Morgan fingerprint density at radius 1 is 1.19 bits per heavy atom.